The molecule has 0 fully saturated rings. The highest BCUT2D eigenvalue weighted by atomic mass is 16.5. The largest absolute Gasteiger partial charge is 0.481 e. The Balaban J connectivity index is 4.20. The maximum absolute atomic E-state index is 11.5. The Kier molecular flexibility index (Phi) is 7.68. The number of carboxylic acid groups (broad SMARTS) is 1. The van der Waals surface area contributed by atoms with Gasteiger partial charge in [-0.25, -0.2) is 0 Å². The zero-order chi connectivity index (χ0) is 15.1. The third kappa shape index (κ3) is 7.82. The first-order valence-corrected chi connectivity index (χ1v) is 6.70. The van der Waals surface area contributed by atoms with Crippen molar-refractivity contribution in [3.05, 3.63) is 0 Å². The average molecular weight is 273 g/mol. The van der Waals surface area contributed by atoms with Crippen molar-refractivity contribution in [1.82, 2.24) is 5.32 Å². The van der Waals surface area contributed by atoms with Gasteiger partial charge < -0.3 is 15.2 Å². The van der Waals surface area contributed by atoms with Crippen LogP contribution in [-0.2, 0) is 14.3 Å². The summed E-state index contributed by atoms with van der Waals surface area (Å²) in [7, 11) is 1.50. The van der Waals surface area contributed by atoms with E-state index in [1.165, 1.54) is 7.11 Å². The number of ether oxygens (including phenoxy) is 1. The molecule has 0 aliphatic carbocycles. The molecular weight excluding hydrogens is 246 g/mol. The molecule has 0 radical (unpaired) electrons. The fourth-order valence-corrected chi connectivity index (χ4v) is 1.93. The second kappa shape index (κ2) is 8.15. The molecule has 0 bridgehead atoms. The fraction of sp³-hybridized carbons (Fsp3) is 0.857. The summed E-state index contributed by atoms with van der Waals surface area (Å²) in [4.78, 5) is 22.2. The Morgan fingerprint density at radius 2 is 1.84 bits per heavy atom. The highest BCUT2D eigenvalue weighted by Gasteiger charge is 2.25. The standard InChI is InChI=1S/C14H27NO4/c1-10(19-5)13(18)15-9-8-11(14(2,3)4)6-7-12(16)17/h10-11H,6-9H2,1-5H3,(H,15,18)(H,16,17). The molecule has 0 heterocycles. The molecule has 1 amide bonds. The lowest BCUT2D eigenvalue weighted by Crippen LogP contribution is -2.36. The normalized spacial score (nSPS) is 14.8. The first-order chi connectivity index (χ1) is 8.68. The Hall–Kier alpha value is -1.10. The predicted molar refractivity (Wildman–Crippen MR) is 73.9 cm³/mol. The van der Waals surface area contributed by atoms with Gasteiger partial charge in [0.1, 0.15) is 6.10 Å². The third-order valence-corrected chi connectivity index (χ3v) is 3.45. The molecule has 0 aliphatic rings. The Bertz CT molecular complexity index is 296. The molecule has 0 saturated heterocycles. The Morgan fingerprint density at radius 3 is 2.26 bits per heavy atom. The maximum Gasteiger partial charge on any atom is 0.303 e. The van der Waals surface area contributed by atoms with Crippen LogP contribution in [0, 0.1) is 11.3 Å². The second-order valence-corrected chi connectivity index (χ2v) is 5.95. The molecule has 19 heavy (non-hydrogen) atoms. The molecule has 0 aliphatic heterocycles. The average Bonchev–Trinajstić information content (AvgIpc) is 2.30. The number of hydrogen-bond acceptors (Lipinski definition) is 3. The SMILES string of the molecule is COC(C)C(=O)NCCC(CCC(=O)O)C(C)(C)C. The number of hydrogen-bond donors (Lipinski definition) is 2. The zero-order valence-corrected chi connectivity index (χ0v) is 12.7. The fourth-order valence-electron chi connectivity index (χ4n) is 1.93. The summed E-state index contributed by atoms with van der Waals surface area (Å²) in [5.41, 5.74) is 0.0348. The molecule has 0 aromatic heterocycles. The quantitative estimate of drug-likeness (QED) is 0.709. The molecule has 112 valence electrons. The number of rotatable bonds is 8. The van der Waals surface area contributed by atoms with Crippen molar-refractivity contribution in [3.63, 3.8) is 0 Å². The number of carbonyl (C=O) groups is 2. The van der Waals surface area contributed by atoms with Crippen molar-refractivity contribution < 1.29 is 19.4 Å². The molecule has 0 aromatic rings. The molecule has 0 rings (SSSR count). The molecule has 2 unspecified atom stereocenters. The summed E-state index contributed by atoms with van der Waals surface area (Å²) >= 11 is 0. The Morgan fingerprint density at radius 1 is 1.26 bits per heavy atom. The van der Waals surface area contributed by atoms with Gasteiger partial charge in [-0.05, 0) is 31.1 Å². The van der Waals surface area contributed by atoms with Gasteiger partial charge in [0.2, 0.25) is 5.91 Å². The van der Waals surface area contributed by atoms with Crippen LogP contribution in [0.4, 0.5) is 0 Å². The van der Waals surface area contributed by atoms with E-state index in [0.717, 1.165) is 6.42 Å². The highest BCUT2D eigenvalue weighted by Crippen LogP contribution is 2.32. The van der Waals surface area contributed by atoms with E-state index in [-0.39, 0.29) is 23.7 Å². The summed E-state index contributed by atoms with van der Waals surface area (Å²) in [6, 6.07) is 0. The van der Waals surface area contributed by atoms with Gasteiger partial charge in [-0.15, -0.1) is 0 Å². The van der Waals surface area contributed by atoms with Gasteiger partial charge in [0.05, 0.1) is 0 Å². The minimum absolute atomic E-state index is 0.0348. The minimum Gasteiger partial charge on any atom is -0.481 e. The number of nitrogens with one attached hydrogen (secondary N) is 1. The summed E-state index contributed by atoms with van der Waals surface area (Å²) in [6.07, 6.45) is 1.13. The van der Waals surface area contributed by atoms with E-state index in [1.807, 2.05) is 0 Å². The summed E-state index contributed by atoms with van der Waals surface area (Å²) in [5.74, 6) is -0.638. The van der Waals surface area contributed by atoms with Crippen LogP contribution in [0.2, 0.25) is 0 Å². The van der Waals surface area contributed by atoms with Crippen molar-refractivity contribution in [2.75, 3.05) is 13.7 Å². The van der Waals surface area contributed by atoms with Gasteiger partial charge in [-0.1, -0.05) is 20.8 Å². The lowest BCUT2D eigenvalue weighted by Gasteiger charge is -2.30. The second-order valence-electron chi connectivity index (χ2n) is 5.95. The van der Waals surface area contributed by atoms with Crippen LogP contribution in [0.1, 0.15) is 47.0 Å². The molecule has 5 heteroatoms. The number of methoxy groups -OCH3 is 1. The van der Waals surface area contributed by atoms with E-state index in [2.05, 4.69) is 26.1 Å². The van der Waals surface area contributed by atoms with Crippen molar-refractivity contribution in [3.8, 4) is 0 Å². The van der Waals surface area contributed by atoms with Gasteiger partial charge in [0.15, 0.2) is 0 Å². The van der Waals surface area contributed by atoms with Crippen LogP contribution in [0.25, 0.3) is 0 Å². The molecule has 2 N–H and O–H groups in total. The first kappa shape index (κ1) is 17.9. The Labute approximate surface area is 115 Å². The van der Waals surface area contributed by atoms with Crippen LogP contribution in [0.15, 0.2) is 0 Å². The van der Waals surface area contributed by atoms with Crippen LogP contribution in [0.5, 0.6) is 0 Å². The van der Waals surface area contributed by atoms with Crippen LogP contribution in [0.3, 0.4) is 0 Å². The van der Waals surface area contributed by atoms with E-state index >= 15 is 0 Å². The van der Waals surface area contributed by atoms with Crippen molar-refractivity contribution in [2.24, 2.45) is 11.3 Å². The number of carbonyl (C=O) groups excluding carboxylic acids is 1. The third-order valence-electron chi connectivity index (χ3n) is 3.45. The van der Waals surface area contributed by atoms with E-state index < -0.39 is 12.1 Å². The highest BCUT2D eigenvalue weighted by molar-refractivity contribution is 5.80. The summed E-state index contributed by atoms with van der Waals surface area (Å²) in [5, 5.41) is 11.6. The number of carboxylic acids is 1. The van der Waals surface area contributed by atoms with Crippen molar-refractivity contribution in [1.29, 1.82) is 0 Å². The zero-order valence-electron chi connectivity index (χ0n) is 12.7. The van der Waals surface area contributed by atoms with Gasteiger partial charge in [0.25, 0.3) is 0 Å². The van der Waals surface area contributed by atoms with Gasteiger partial charge in [-0.2, -0.15) is 0 Å². The molecular formula is C14H27NO4. The lowest BCUT2D eigenvalue weighted by molar-refractivity contribution is -0.137. The van der Waals surface area contributed by atoms with Gasteiger partial charge in [0, 0.05) is 20.1 Å². The molecule has 0 saturated carbocycles. The van der Waals surface area contributed by atoms with Crippen molar-refractivity contribution >= 4 is 11.9 Å². The van der Waals surface area contributed by atoms with E-state index in [9.17, 15) is 9.59 Å². The van der Waals surface area contributed by atoms with Gasteiger partial charge >= 0.3 is 5.97 Å². The van der Waals surface area contributed by atoms with Crippen LogP contribution >= 0.6 is 0 Å². The van der Waals surface area contributed by atoms with Crippen molar-refractivity contribution in [2.45, 2.75) is 53.1 Å². The molecule has 5 nitrogen and oxygen atoms in total. The predicted octanol–water partition coefficient (Wildman–Crippen LogP) is 2.05. The van der Waals surface area contributed by atoms with Crippen LogP contribution in [-0.4, -0.2) is 36.7 Å². The first-order valence-electron chi connectivity index (χ1n) is 6.70. The molecule has 2 atom stereocenters. The monoisotopic (exact) mass is 273 g/mol. The smallest absolute Gasteiger partial charge is 0.303 e. The van der Waals surface area contributed by atoms with Gasteiger partial charge in [-0.3, -0.25) is 9.59 Å². The number of amides is 1. The topological polar surface area (TPSA) is 75.6 Å². The van der Waals surface area contributed by atoms with E-state index in [0.29, 0.717) is 13.0 Å². The summed E-state index contributed by atoms with van der Waals surface area (Å²) in [6.45, 7) is 8.53. The van der Waals surface area contributed by atoms with E-state index in [4.69, 9.17) is 9.84 Å². The lowest BCUT2D eigenvalue weighted by atomic mass is 9.76. The number of aliphatic carboxylic acids is 1. The van der Waals surface area contributed by atoms with Crippen LogP contribution < -0.4 is 5.32 Å². The molecule has 0 aromatic carbocycles. The maximum atomic E-state index is 11.5. The summed E-state index contributed by atoms with van der Waals surface area (Å²) < 4.78 is 4.93. The minimum atomic E-state index is -0.772. The molecule has 0 spiro atoms. The van der Waals surface area contributed by atoms with E-state index in [1.54, 1.807) is 6.92 Å².